The Labute approximate surface area is 102 Å². The largest absolute Gasteiger partial charge is 0.302 e. The Morgan fingerprint density at radius 1 is 1.24 bits per heavy atom. The van der Waals surface area contributed by atoms with E-state index in [0.717, 1.165) is 12.1 Å². The number of hydrazine groups is 1. The van der Waals surface area contributed by atoms with Gasteiger partial charge in [0.1, 0.15) is 0 Å². The van der Waals surface area contributed by atoms with Gasteiger partial charge in [0.2, 0.25) is 5.91 Å². The van der Waals surface area contributed by atoms with Crippen molar-refractivity contribution in [3.8, 4) is 0 Å². The van der Waals surface area contributed by atoms with Gasteiger partial charge in [0.15, 0.2) is 0 Å². The van der Waals surface area contributed by atoms with Crippen LogP contribution in [0.1, 0.15) is 31.9 Å². The monoisotopic (exact) mass is 230 g/mol. The molecular weight excluding hydrogens is 212 g/mol. The van der Waals surface area contributed by atoms with Gasteiger partial charge in [-0.15, -0.1) is 0 Å². The van der Waals surface area contributed by atoms with Crippen molar-refractivity contribution in [1.29, 1.82) is 0 Å². The maximum absolute atomic E-state index is 11.6. The Balaban J connectivity index is 2.40. The van der Waals surface area contributed by atoms with Crippen LogP contribution in [0.2, 0.25) is 0 Å². The zero-order valence-corrected chi connectivity index (χ0v) is 10.5. The van der Waals surface area contributed by atoms with E-state index in [1.54, 1.807) is 0 Å². The van der Waals surface area contributed by atoms with Crippen LogP contribution in [0.3, 0.4) is 0 Å². The van der Waals surface area contributed by atoms with Gasteiger partial charge in [-0.2, -0.15) is 0 Å². The summed E-state index contributed by atoms with van der Waals surface area (Å²) >= 11 is 0. The van der Waals surface area contributed by atoms with Gasteiger partial charge in [0, 0.05) is 5.70 Å². The number of amides is 1. The lowest BCUT2D eigenvalue weighted by atomic mass is 9.88. The van der Waals surface area contributed by atoms with Crippen LogP contribution >= 0.6 is 0 Å². The molecule has 1 heterocycles. The van der Waals surface area contributed by atoms with Crippen LogP contribution in [0.4, 0.5) is 0 Å². The third-order valence-corrected chi connectivity index (χ3v) is 3.29. The van der Waals surface area contributed by atoms with Crippen LogP contribution in [0.5, 0.6) is 0 Å². The van der Waals surface area contributed by atoms with Crippen molar-refractivity contribution >= 4 is 12.0 Å². The molecule has 0 radical (unpaired) electrons. The highest BCUT2D eigenvalue weighted by atomic mass is 16.2. The molecule has 1 saturated heterocycles. The SMILES string of the molecule is CCc1ccccc1/C=C1\NNC(=O)C1(C)C. The predicted octanol–water partition coefficient (Wildman–Crippen LogP) is 2.25. The fraction of sp³-hybridized carbons (Fsp3) is 0.357. The number of carbonyl (C=O) groups is 1. The molecule has 1 fully saturated rings. The Kier molecular flexibility index (Phi) is 2.92. The Morgan fingerprint density at radius 3 is 2.53 bits per heavy atom. The second-order valence-electron chi connectivity index (χ2n) is 4.81. The van der Waals surface area contributed by atoms with E-state index in [1.807, 2.05) is 26.0 Å². The summed E-state index contributed by atoms with van der Waals surface area (Å²) < 4.78 is 0. The van der Waals surface area contributed by atoms with Crippen molar-refractivity contribution in [1.82, 2.24) is 10.9 Å². The van der Waals surface area contributed by atoms with Crippen LogP contribution in [-0.2, 0) is 11.2 Å². The fourth-order valence-corrected chi connectivity index (χ4v) is 1.93. The second-order valence-corrected chi connectivity index (χ2v) is 4.81. The first-order chi connectivity index (χ1) is 8.05. The molecule has 1 aliphatic heterocycles. The molecule has 1 aromatic carbocycles. The van der Waals surface area contributed by atoms with Crippen LogP contribution in [0, 0.1) is 5.41 Å². The minimum absolute atomic E-state index is 0.0118. The topological polar surface area (TPSA) is 41.1 Å². The Bertz CT molecular complexity index is 475. The third-order valence-electron chi connectivity index (χ3n) is 3.29. The molecule has 90 valence electrons. The van der Waals surface area contributed by atoms with Gasteiger partial charge < -0.3 is 5.43 Å². The van der Waals surface area contributed by atoms with E-state index in [-0.39, 0.29) is 5.91 Å². The third kappa shape index (κ3) is 2.05. The Hall–Kier alpha value is -1.77. The van der Waals surface area contributed by atoms with Crippen LogP contribution in [-0.4, -0.2) is 5.91 Å². The number of carbonyl (C=O) groups excluding carboxylic acids is 1. The van der Waals surface area contributed by atoms with Gasteiger partial charge in [-0.3, -0.25) is 10.2 Å². The van der Waals surface area contributed by atoms with Crippen molar-refractivity contribution in [2.75, 3.05) is 0 Å². The quantitative estimate of drug-likeness (QED) is 0.818. The van der Waals surface area contributed by atoms with Gasteiger partial charge in [-0.05, 0) is 37.5 Å². The number of hydrogen-bond donors (Lipinski definition) is 2. The highest BCUT2D eigenvalue weighted by Gasteiger charge is 2.37. The predicted molar refractivity (Wildman–Crippen MR) is 68.9 cm³/mol. The highest BCUT2D eigenvalue weighted by Crippen LogP contribution is 2.30. The van der Waals surface area contributed by atoms with E-state index in [4.69, 9.17) is 0 Å². The van der Waals surface area contributed by atoms with E-state index < -0.39 is 5.41 Å². The van der Waals surface area contributed by atoms with E-state index in [1.165, 1.54) is 11.1 Å². The minimum atomic E-state index is -0.485. The van der Waals surface area contributed by atoms with Gasteiger partial charge >= 0.3 is 0 Å². The lowest BCUT2D eigenvalue weighted by Gasteiger charge is -2.15. The van der Waals surface area contributed by atoms with Crippen molar-refractivity contribution in [2.45, 2.75) is 27.2 Å². The summed E-state index contributed by atoms with van der Waals surface area (Å²) in [6.07, 6.45) is 3.04. The van der Waals surface area contributed by atoms with Crippen LogP contribution in [0.15, 0.2) is 30.0 Å². The molecule has 3 heteroatoms. The van der Waals surface area contributed by atoms with E-state index >= 15 is 0 Å². The summed E-state index contributed by atoms with van der Waals surface area (Å²) in [5.74, 6) is 0.0118. The number of rotatable bonds is 2. The standard InChI is InChI=1S/C14H18N2O/c1-4-10-7-5-6-8-11(10)9-12-14(2,3)13(17)16-15-12/h5-9,15H,4H2,1-3H3,(H,16,17)/b12-9-. The summed E-state index contributed by atoms with van der Waals surface area (Å²) in [4.78, 5) is 11.6. The first-order valence-corrected chi connectivity index (χ1v) is 5.92. The van der Waals surface area contributed by atoms with Gasteiger partial charge in [0.05, 0.1) is 5.41 Å². The number of benzene rings is 1. The molecule has 0 saturated carbocycles. The van der Waals surface area contributed by atoms with Gasteiger partial charge in [0.25, 0.3) is 0 Å². The molecular formula is C14H18N2O. The maximum atomic E-state index is 11.6. The number of nitrogens with one attached hydrogen (secondary N) is 2. The molecule has 0 spiro atoms. The van der Waals surface area contributed by atoms with Crippen LogP contribution in [0.25, 0.3) is 6.08 Å². The first-order valence-electron chi connectivity index (χ1n) is 5.92. The van der Waals surface area contributed by atoms with Crippen molar-refractivity contribution < 1.29 is 4.79 Å². The summed E-state index contributed by atoms with van der Waals surface area (Å²) in [7, 11) is 0. The normalized spacial score (nSPS) is 20.2. The molecule has 17 heavy (non-hydrogen) atoms. The average Bonchev–Trinajstić information content (AvgIpc) is 2.57. The smallest absolute Gasteiger partial charge is 0.249 e. The molecule has 0 aliphatic carbocycles. The van der Waals surface area contributed by atoms with Crippen molar-refractivity contribution in [2.24, 2.45) is 5.41 Å². The summed E-state index contributed by atoms with van der Waals surface area (Å²) in [5, 5.41) is 0. The molecule has 0 atom stereocenters. The van der Waals surface area contributed by atoms with E-state index in [2.05, 4.69) is 36.0 Å². The fourth-order valence-electron chi connectivity index (χ4n) is 1.93. The van der Waals surface area contributed by atoms with Gasteiger partial charge in [-0.1, -0.05) is 31.2 Å². The van der Waals surface area contributed by atoms with Crippen molar-refractivity contribution in [3.05, 3.63) is 41.1 Å². The average molecular weight is 230 g/mol. The maximum Gasteiger partial charge on any atom is 0.249 e. The van der Waals surface area contributed by atoms with Gasteiger partial charge in [-0.25, -0.2) is 0 Å². The lowest BCUT2D eigenvalue weighted by Crippen LogP contribution is -2.28. The molecule has 0 aromatic heterocycles. The number of hydrogen-bond acceptors (Lipinski definition) is 2. The highest BCUT2D eigenvalue weighted by molar-refractivity contribution is 5.89. The molecule has 1 aromatic rings. The molecule has 0 unspecified atom stereocenters. The van der Waals surface area contributed by atoms with Crippen LogP contribution < -0.4 is 10.9 Å². The Morgan fingerprint density at radius 2 is 1.94 bits per heavy atom. The minimum Gasteiger partial charge on any atom is -0.302 e. The van der Waals surface area contributed by atoms with E-state index in [0.29, 0.717) is 0 Å². The lowest BCUT2D eigenvalue weighted by molar-refractivity contribution is -0.125. The summed E-state index contributed by atoms with van der Waals surface area (Å²) in [5.41, 5.74) is 8.51. The molecule has 1 amide bonds. The molecule has 1 aliphatic rings. The molecule has 2 rings (SSSR count). The summed E-state index contributed by atoms with van der Waals surface area (Å²) in [6.45, 7) is 5.97. The molecule has 2 N–H and O–H groups in total. The second kappa shape index (κ2) is 4.24. The molecule has 3 nitrogen and oxygen atoms in total. The van der Waals surface area contributed by atoms with Crippen molar-refractivity contribution in [3.63, 3.8) is 0 Å². The first kappa shape index (κ1) is 11.7. The summed E-state index contributed by atoms with van der Waals surface area (Å²) in [6, 6.07) is 8.25. The zero-order valence-electron chi connectivity index (χ0n) is 10.5. The zero-order chi connectivity index (χ0) is 12.5. The number of aryl methyl sites for hydroxylation is 1. The van der Waals surface area contributed by atoms with E-state index in [9.17, 15) is 4.79 Å². The molecule has 0 bridgehead atoms.